The first-order valence-electron chi connectivity index (χ1n) is 13.3. The Bertz CT molecular complexity index is 928. The van der Waals surface area contributed by atoms with E-state index >= 15 is 0 Å². The molecule has 0 unspecified atom stereocenters. The lowest BCUT2D eigenvalue weighted by molar-refractivity contribution is -0.148. The number of carbonyl (C=O) groups is 2. The van der Waals surface area contributed by atoms with Gasteiger partial charge < -0.3 is 42.6 Å². The Morgan fingerprint density at radius 2 is 1.35 bits per heavy atom. The van der Waals surface area contributed by atoms with Gasteiger partial charge in [0.1, 0.15) is 24.5 Å². The Hall–Kier alpha value is -3.12. The second kappa shape index (κ2) is 19.9. The Balaban J connectivity index is 2.23. The molecular weight excluding hydrogens is 524 g/mol. The highest BCUT2D eigenvalue weighted by Crippen LogP contribution is 2.37. The second-order valence-electron chi connectivity index (χ2n) is 8.75. The van der Waals surface area contributed by atoms with Crippen LogP contribution in [0, 0.1) is 5.92 Å². The summed E-state index contributed by atoms with van der Waals surface area (Å²) in [5.74, 6) is -0.0519. The van der Waals surface area contributed by atoms with E-state index in [2.05, 4.69) is 12.2 Å². The molecule has 1 aliphatic rings. The van der Waals surface area contributed by atoms with Gasteiger partial charge in [0.25, 0.3) is 0 Å². The molecule has 40 heavy (non-hydrogen) atoms. The molecule has 1 aliphatic carbocycles. The van der Waals surface area contributed by atoms with Crippen LogP contribution in [0.1, 0.15) is 24.8 Å². The van der Waals surface area contributed by atoms with E-state index in [1.54, 1.807) is 26.4 Å². The Morgan fingerprint density at radius 1 is 0.750 bits per heavy atom. The third-order valence-electron chi connectivity index (χ3n) is 5.89. The SMILES string of the molecule is COCCOCCOC(=O)C(=Cc1cc(OC[C@H]2CC=CCC2)c(OC)cc1OC)C(=O)OCCOCCOC. The van der Waals surface area contributed by atoms with Gasteiger partial charge in [-0.2, -0.15) is 0 Å². The van der Waals surface area contributed by atoms with Gasteiger partial charge in [-0.25, -0.2) is 9.59 Å². The first-order chi connectivity index (χ1) is 19.5. The van der Waals surface area contributed by atoms with Crippen LogP contribution in [0.2, 0.25) is 0 Å². The second-order valence-corrected chi connectivity index (χ2v) is 8.75. The Kier molecular flexibility index (Phi) is 16.4. The topological polar surface area (TPSA) is 117 Å². The molecule has 2 rings (SSSR count). The zero-order valence-electron chi connectivity index (χ0n) is 23.9. The summed E-state index contributed by atoms with van der Waals surface area (Å²) in [5.41, 5.74) is 0.0963. The van der Waals surface area contributed by atoms with Crippen molar-refractivity contribution < 1.29 is 52.2 Å². The first-order valence-corrected chi connectivity index (χ1v) is 13.3. The predicted molar refractivity (Wildman–Crippen MR) is 147 cm³/mol. The number of carbonyl (C=O) groups excluding carboxylic acids is 2. The molecule has 1 aromatic rings. The lowest BCUT2D eigenvalue weighted by Gasteiger charge is -2.20. The van der Waals surface area contributed by atoms with E-state index in [1.165, 1.54) is 20.3 Å². The Morgan fingerprint density at radius 3 is 1.88 bits per heavy atom. The van der Waals surface area contributed by atoms with Crippen molar-refractivity contribution in [3.8, 4) is 17.2 Å². The summed E-state index contributed by atoms with van der Waals surface area (Å²) in [6.45, 7) is 2.20. The van der Waals surface area contributed by atoms with Crippen molar-refractivity contribution in [2.24, 2.45) is 5.92 Å². The van der Waals surface area contributed by atoms with Crippen LogP contribution < -0.4 is 14.2 Å². The van der Waals surface area contributed by atoms with Crippen LogP contribution in [0.4, 0.5) is 0 Å². The standard InChI is InChI=1S/C29H42O11/c1-32-10-12-36-14-16-38-28(30)24(29(31)39-17-15-37-13-11-33-2)18-23-19-27(26(35-4)20-25(23)34-3)40-21-22-8-6-5-7-9-22/h5-6,18-20,22H,7-17,21H2,1-4H3/t22-/m0/s1. The summed E-state index contributed by atoms with van der Waals surface area (Å²) in [4.78, 5) is 25.9. The van der Waals surface area contributed by atoms with Gasteiger partial charge in [0.2, 0.25) is 0 Å². The van der Waals surface area contributed by atoms with Gasteiger partial charge >= 0.3 is 11.9 Å². The molecule has 224 valence electrons. The molecule has 0 saturated heterocycles. The Labute approximate surface area is 236 Å². The van der Waals surface area contributed by atoms with Gasteiger partial charge in [-0.3, -0.25) is 0 Å². The number of ether oxygens (including phenoxy) is 9. The third-order valence-corrected chi connectivity index (χ3v) is 5.89. The van der Waals surface area contributed by atoms with Gasteiger partial charge in [0.05, 0.1) is 60.5 Å². The number of hydrogen-bond donors (Lipinski definition) is 0. The molecule has 0 fully saturated rings. The van der Waals surface area contributed by atoms with Crippen LogP contribution in [0.5, 0.6) is 17.2 Å². The molecule has 11 heteroatoms. The first kappa shape index (κ1) is 33.1. The van der Waals surface area contributed by atoms with Crippen LogP contribution >= 0.6 is 0 Å². The number of rotatable bonds is 20. The summed E-state index contributed by atoms with van der Waals surface area (Å²) in [6.07, 6.45) is 8.68. The summed E-state index contributed by atoms with van der Waals surface area (Å²) < 4.78 is 48.2. The molecule has 0 saturated carbocycles. The average molecular weight is 567 g/mol. The maximum Gasteiger partial charge on any atom is 0.345 e. The van der Waals surface area contributed by atoms with E-state index in [0.29, 0.717) is 61.8 Å². The van der Waals surface area contributed by atoms with Crippen molar-refractivity contribution in [1.29, 1.82) is 0 Å². The number of benzene rings is 1. The van der Waals surface area contributed by atoms with E-state index in [-0.39, 0.29) is 32.0 Å². The predicted octanol–water partition coefficient (Wildman–Crippen LogP) is 3.23. The molecule has 0 bridgehead atoms. The van der Waals surface area contributed by atoms with E-state index in [9.17, 15) is 9.59 Å². The zero-order valence-corrected chi connectivity index (χ0v) is 23.9. The molecule has 11 nitrogen and oxygen atoms in total. The smallest absolute Gasteiger partial charge is 0.345 e. The van der Waals surface area contributed by atoms with Crippen LogP contribution in [0.25, 0.3) is 6.08 Å². The molecule has 0 heterocycles. The lowest BCUT2D eigenvalue weighted by atomic mass is 9.95. The monoisotopic (exact) mass is 566 g/mol. The molecule has 1 atom stereocenters. The maximum absolute atomic E-state index is 13.0. The summed E-state index contributed by atoms with van der Waals surface area (Å²) in [5, 5.41) is 0. The van der Waals surface area contributed by atoms with Gasteiger partial charge in [-0.05, 0) is 37.3 Å². The van der Waals surface area contributed by atoms with E-state index in [0.717, 1.165) is 19.3 Å². The highest BCUT2D eigenvalue weighted by molar-refractivity contribution is 6.17. The van der Waals surface area contributed by atoms with Gasteiger partial charge in [-0.15, -0.1) is 0 Å². The van der Waals surface area contributed by atoms with E-state index in [1.807, 2.05) is 0 Å². The highest BCUT2D eigenvalue weighted by Gasteiger charge is 2.24. The summed E-state index contributed by atoms with van der Waals surface area (Å²) >= 11 is 0. The maximum atomic E-state index is 13.0. The number of methoxy groups -OCH3 is 4. The van der Waals surface area contributed by atoms with E-state index < -0.39 is 11.9 Å². The highest BCUT2D eigenvalue weighted by atomic mass is 16.6. The molecule has 0 spiro atoms. The fraction of sp³-hybridized carbons (Fsp3) is 0.586. The quantitative estimate of drug-likeness (QED) is 0.0578. The molecule has 0 N–H and O–H groups in total. The van der Waals surface area contributed by atoms with Gasteiger partial charge in [-0.1, -0.05) is 12.2 Å². The lowest BCUT2D eigenvalue weighted by Crippen LogP contribution is -2.22. The number of allylic oxidation sites excluding steroid dienone is 2. The molecule has 1 aromatic carbocycles. The van der Waals surface area contributed by atoms with Crippen molar-refractivity contribution in [1.82, 2.24) is 0 Å². The van der Waals surface area contributed by atoms with Crippen molar-refractivity contribution >= 4 is 18.0 Å². The third kappa shape index (κ3) is 12.0. The summed E-state index contributed by atoms with van der Waals surface area (Å²) in [7, 11) is 6.13. The number of esters is 2. The molecule has 0 radical (unpaired) electrons. The summed E-state index contributed by atoms with van der Waals surface area (Å²) in [6, 6.07) is 3.31. The van der Waals surface area contributed by atoms with Gasteiger partial charge in [0, 0.05) is 25.8 Å². The van der Waals surface area contributed by atoms with Gasteiger partial charge in [0.15, 0.2) is 11.5 Å². The largest absolute Gasteiger partial charge is 0.496 e. The van der Waals surface area contributed by atoms with Crippen LogP contribution in [-0.2, 0) is 38.0 Å². The van der Waals surface area contributed by atoms with Crippen molar-refractivity contribution in [2.45, 2.75) is 19.3 Å². The fourth-order valence-electron chi connectivity index (χ4n) is 3.72. The molecule has 0 aromatic heterocycles. The normalized spacial score (nSPS) is 14.3. The van der Waals surface area contributed by atoms with Crippen LogP contribution in [-0.4, -0.2) is 99.8 Å². The van der Waals surface area contributed by atoms with E-state index in [4.69, 9.17) is 42.6 Å². The van der Waals surface area contributed by atoms with Crippen LogP contribution in [0.3, 0.4) is 0 Å². The minimum absolute atomic E-state index is 0.0583. The van der Waals surface area contributed by atoms with Crippen molar-refractivity contribution in [2.75, 3.05) is 87.9 Å². The zero-order chi connectivity index (χ0) is 29.0. The molecule has 0 amide bonds. The molecule has 0 aliphatic heterocycles. The minimum Gasteiger partial charge on any atom is -0.496 e. The average Bonchev–Trinajstić information content (AvgIpc) is 2.98. The number of hydrogen-bond acceptors (Lipinski definition) is 11. The fourth-order valence-corrected chi connectivity index (χ4v) is 3.72. The van der Waals surface area contributed by atoms with Crippen LogP contribution in [0.15, 0.2) is 29.9 Å². The van der Waals surface area contributed by atoms with Crippen molar-refractivity contribution in [3.63, 3.8) is 0 Å². The minimum atomic E-state index is -0.866. The molecular formula is C29H42O11. The van der Waals surface area contributed by atoms with Crippen molar-refractivity contribution in [3.05, 3.63) is 35.4 Å².